The molecule has 1 aromatic rings. The highest BCUT2D eigenvalue weighted by atomic mass is 35.5. The van der Waals surface area contributed by atoms with Crippen LogP contribution in [0.25, 0.3) is 0 Å². The second-order valence-electron chi connectivity index (χ2n) is 3.30. The molecule has 1 aromatic carbocycles. The lowest BCUT2D eigenvalue weighted by Crippen LogP contribution is -2.23. The number of rotatable bonds is 3. The van der Waals surface area contributed by atoms with Crippen LogP contribution in [0.2, 0.25) is 0 Å². The van der Waals surface area contributed by atoms with Crippen molar-refractivity contribution in [3.8, 4) is 0 Å². The fraction of sp³-hybridized carbons (Fsp3) is 0.364. The highest BCUT2D eigenvalue weighted by molar-refractivity contribution is 6.17. The molecule has 3 heteroatoms. The Balaban J connectivity index is 2.71. The van der Waals surface area contributed by atoms with Gasteiger partial charge in [-0.2, -0.15) is 0 Å². The van der Waals surface area contributed by atoms with Crippen LogP contribution in [0.15, 0.2) is 24.3 Å². The maximum atomic E-state index is 10.8. The predicted molar refractivity (Wildman–Crippen MR) is 58.2 cm³/mol. The summed E-state index contributed by atoms with van der Waals surface area (Å²) in [5, 5.41) is 2.82. The summed E-state index contributed by atoms with van der Waals surface area (Å²) in [6, 6.07) is 7.97. The molecule has 14 heavy (non-hydrogen) atoms. The van der Waals surface area contributed by atoms with E-state index < -0.39 is 0 Å². The second kappa shape index (κ2) is 5.01. The van der Waals surface area contributed by atoms with Crippen LogP contribution in [0.1, 0.15) is 31.0 Å². The van der Waals surface area contributed by atoms with E-state index in [4.69, 9.17) is 11.6 Å². The van der Waals surface area contributed by atoms with Crippen LogP contribution in [0.5, 0.6) is 0 Å². The monoisotopic (exact) mass is 211 g/mol. The normalized spacial score (nSPS) is 12.2. The Kier molecular flexibility index (Phi) is 3.96. The lowest BCUT2D eigenvalue weighted by Gasteiger charge is -2.12. The molecule has 0 aromatic heterocycles. The van der Waals surface area contributed by atoms with Crippen LogP contribution in [-0.2, 0) is 10.7 Å². The molecule has 76 valence electrons. The summed E-state index contributed by atoms with van der Waals surface area (Å²) in [6.07, 6.45) is 0. The van der Waals surface area contributed by atoms with Gasteiger partial charge in [0.15, 0.2) is 0 Å². The maximum Gasteiger partial charge on any atom is 0.217 e. The molecule has 0 heterocycles. The summed E-state index contributed by atoms with van der Waals surface area (Å²) >= 11 is 5.67. The van der Waals surface area contributed by atoms with Crippen molar-refractivity contribution in [2.24, 2.45) is 0 Å². The van der Waals surface area contributed by atoms with Gasteiger partial charge in [-0.1, -0.05) is 24.3 Å². The molecule has 0 radical (unpaired) electrons. The van der Waals surface area contributed by atoms with Crippen LogP contribution >= 0.6 is 11.6 Å². The van der Waals surface area contributed by atoms with Crippen molar-refractivity contribution in [1.29, 1.82) is 0 Å². The van der Waals surface area contributed by atoms with Crippen LogP contribution in [0, 0.1) is 0 Å². The quantitative estimate of drug-likeness (QED) is 0.766. The first-order valence-electron chi connectivity index (χ1n) is 4.55. The van der Waals surface area contributed by atoms with Crippen LogP contribution in [0.4, 0.5) is 0 Å². The number of halogens is 1. The molecule has 0 aliphatic rings. The van der Waals surface area contributed by atoms with Crippen molar-refractivity contribution in [3.05, 3.63) is 35.4 Å². The number of hydrogen-bond donors (Lipinski definition) is 1. The summed E-state index contributed by atoms with van der Waals surface area (Å²) in [6.45, 7) is 3.47. The van der Waals surface area contributed by atoms with Gasteiger partial charge < -0.3 is 5.32 Å². The molecule has 1 rings (SSSR count). The van der Waals surface area contributed by atoms with E-state index in [9.17, 15) is 4.79 Å². The lowest BCUT2D eigenvalue weighted by molar-refractivity contribution is -0.119. The summed E-state index contributed by atoms with van der Waals surface area (Å²) in [5.74, 6) is 0.508. The number of hydrogen-bond acceptors (Lipinski definition) is 1. The highest BCUT2D eigenvalue weighted by Gasteiger charge is 2.05. The Hall–Kier alpha value is -1.02. The minimum absolute atomic E-state index is 0.0149. The third-order valence-corrected chi connectivity index (χ3v) is 2.36. The Morgan fingerprint density at radius 2 is 2.00 bits per heavy atom. The number of nitrogens with one attached hydrogen (secondary N) is 1. The molecule has 0 aliphatic heterocycles. The minimum atomic E-state index is -0.0149. The van der Waals surface area contributed by atoms with Gasteiger partial charge >= 0.3 is 0 Å². The van der Waals surface area contributed by atoms with Crippen LogP contribution < -0.4 is 5.32 Å². The zero-order valence-electron chi connectivity index (χ0n) is 8.38. The first-order chi connectivity index (χ1) is 6.63. The molecule has 0 saturated heterocycles. The summed E-state index contributed by atoms with van der Waals surface area (Å²) < 4.78 is 0. The lowest BCUT2D eigenvalue weighted by atomic mass is 10.1. The van der Waals surface area contributed by atoms with Crippen molar-refractivity contribution in [2.75, 3.05) is 0 Å². The largest absolute Gasteiger partial charge is 0.350 e. The second-order valence-corrected chi connectivity index (χ2v) is 3.56. The van der Waals surface area contributed by atoms with Crippen LogP contribution in [-0.4, -0.2) is 5.91 Å². The average molecular weight is 212 g/mol. The molecule has 0 bridgehead atoms. The molecule has 1 N–H and O–H groups in total. The van der Waals surface area contributed by atoms with Crippen molar-refractivity contribution in [3.63, 3.8) is 0 Å². The molecule has 0 spiro atoms. The van der Waals surface area contributed by atoms with Gasteiger partial charge in [-0.15, -0.1) is 11.6 Å². The van der Waals surface area contributed by atoms with Crippen LogP contribution in [0.3, 0.4) is 0 Å². The third-order valence-electron chi connectivity index (χ3n) is 2.05. The first-order valence-corrected chi connectivity index (χ1v) is 5.09. The Bertz CT molecular complexity index is 308. The smallest absolute Gasteiger partial charge is 0.217 e. The number of amides is 1. The van der Waals surface area contributed by atoms with Gasteiger partial charge in [-0.25, -0.2) is 0 Å². The van der Waals surface area contributed by atoms with E-state index in [1.807, 2.05) is 31.2 Å². The van der Waals surface area contributed by atoms with E-state index in [-0.39, 0.29) is 11.9 Å². The SMILES string of the molecule is CC(=O)NC(C)c1ccc(CCl)cc1. The standard InChI is InChI=1S/C11H14ClNO/c1-8(13-9(2)14)11-5-3-10(7-12)4-6-11/h3-6,8H,7H2,1-2H3,(H,13,14). The Morgan fingerprint density at radius 3 is 2.43 bits per heavy atom. The van der Waals surface area contributed by atoms with Gasteiger partial charge in [-0.3, -0.25) is 4.79 Å². The molecule has 1 atom stereocenters. The fourth-order valence-electron chi connectivity index (χ4n) is 1.28. The summed E-state index contributed by atoms with van der Waals surface area (Å²) in [5.41, 5.74) is 2.18. The minimum Gasteiger partial charge on any atom is -0.350 e. The van der Waals surface area contributed by atoms with E-state index in [2.05, 4.69) is 5.32 Å². The van der Waals surface area contributed by atoms with E-state index in [1.54, 1.807) is 0 Å². The molecule has 2 nitrogen and oxygen atoms in total. The molecule has 1 amide bonds. The topological polar surface area (TPSA) is 29.1 Å². The van der Waals surface area contributed by atoms with Gasteiger partial charge in [0.2, 0.25) is 5.91 Å². The predicted octanol–water partition coefficient (Wildman–Crippen LogP) is 2.62. The maximum absolute atomic E-state index is 10.8. The number of carbonyl (C=O) groups is 1. The molecule has 0 saturated carbocycles. The van der Waals surface area contributed by atoms with Gasteiger partial charge in [-0.05, 0) is 18.1 Å². The van der Waals surface area contributed by atoms with E-state index in [0.717, 1.165) is 11.1 Å². The van der Waals surface area contributed by atoms with Gasteiger partial charge in [0.05, 0.1) is 6.04 Å². The summed E-state index contributed by atoms with van der Waals surface area (Å²) in [4.78, 5) is 10.8. The average Bonchev–Trinajstić information content (AvgIpc) is 2.17. The van der Waals surface area contributed by atoms with Gasteiger partial charge in [0, 0.05) is 12.8 Å². The number of carbonyl (C=O) groups excluding carboxylic acids is 1. The molecule has 1 unspecified atom stereocenters. The van der Waals surface area contributed by atoms with Gasteiger partial charge in [0.25, 0.3) is 0 Å². The van der Waals surface area contributed by atoms with E-state index >= 15 is 0 Å². The Morgan fingerprint density at radius 1 is 1.43 bits per heavy atom. The van der Waals surface area contributed by atoms with E-state index in [1.165, 1.54) is 6.92 Å². The highest BCUT2D eigenvalue weighted by Crippen LogP contribution is 2.14. The van der Waals surface area contributed by atoms with Crippen molar-refractivity contribution >= 4 is 17.5 Å². The van der Waals surface area contributed by atoms with Crippen molar-refractivity contribution < 1.29 is 4.79 Å². The van der Waals surface area contributed by atoms with Crippen molar-refractivity contribution in [2.45, 2.75) is 25.8 Å². The number of benzene rings is 1. The Labute approximate surface area is 89.3 Å². The number of alkyl halides is 1. The van der Waals surface area contributed by atoms with Gasteiger partial charge in [0.1, 0.15) is 0 Å². The molecule has 0 aliphatic carbocycles. The zero-order chi connectivity index (χ0) is 10.6. The molecular formula is C11H14ClNO. The summed E-state index contributed by atoms with van der Waals surface area (Å²) in [7, 11) is 0. The fourth-order valence-corrected chi connectivity index (χ4v) is 1.46. The van der Waals surface area contributed by atoms with Crippen molar-refractivity contribution in [1.82, 2.24) is 5.32 Å². The molecular weight excluding hydrogens is 198 g/mol. The zero-order valence-corrected chi connectivity index (χ0v) is 9.14. The first kappa shape index (κ1) is 11.1. The third kappa shape index (κ3) is 3.04. The van der Waals surface area contributed by atoms with E-state index in [0.29, 0.717) is 5.88 Å². The molecule has 0 fully saturated rings.